The van der Waals surface area contributed by atoms with Gasteiger partial charge in [-0.3, -0.25) is 9.59 Å². The molecule has 182 valence electrons. The Bertz CT molecular complexity index is 1110. The van der Waals surface area contributed by atoms with Gasteiger partial charge in [0.05, 0.1) is 30.9 Å². The smallest absolute Gasteiger partial charge is 0.309 e. The van der Waals surface area contributed by atoms with E-state index in [0.717, 1.165) is 41.0 Å². The Kier molecular flexibility index (Phi) is 8.48. The number of rotatable bonds is 10. The number of nitrogens with zero attached hydrogens (tertiary/aromatic N) is 1. The van der Waals surface area contributed by atoms with Crippen LogP contribution < -0.4 is 4.74 Å². The van der Waals surface area contributed by atoms with Crippen molar-refractivity contribution in [3.8, 4) is 5.75 Å². The predicted molar refractivity (Wildman–Crippen MR) is 132 cm³/mol. The molecular formula is C28H35NO5. The molecule has 0 fully saturated rings. The quantitative estimate of drug-likeness (QED) is 0.243. The Labute approximate surface area is 202 Å². The van der Waals surface area contributed by atoms with Crippen molar-refractivity contribution >= 4 is 17.3 Å². The fourth-order valence-corrected chi connectivity index (χ4v) is 4.76. The van der Waals surface area contributed by atoms with E-state index in [2.05, 4.69) is 4.98 Å². The van der Waals surface area contributed by atoms with Crippen LogP contribution in [0.2, 0.25) is 0 Å². The molecule has 2 aromatic rings. The van der Waals surface area contributed by atoms with Crippen LogP contribution in [0.1, 0.15) is 85.3 Å². The summed E-state index contributed by atoms with van der Waals surface area (Å²) in [5, 5.41) is 0. The van der Waals surface area contributed by atoms with Crippen LogP contribution in [-0.4, -0.2) is 30.5 Å². The molecule has 1 aromatic heterocycles. The van der Waals surface area contributed by atoms with E-state index in [-0.39, 0.29) is 23.6 Å². The van der Waals surface area contributed by atoms with Crippen LogP contribution in [0.15, 0.2) is 34.8 Å². The molecule has 1 aliphatic rings. The van der Waals surface area contributed by atoms with Crippen LogP contribution in [0, 0.1) is 12.8 Å². The highest BCUT2D eigenvalue weighted by molar-refractivity contribution is 5.97. The second kappa shape index (κ2) is 11.3. The first-order chi connectivity index (χ1) is 16.3. The summed E-state index contributed by atoms with van der Waals surface area (Å²) in [5.41, 5.74) is 4.52. The molecule has 0 saturated heterocycles. The zero-order chi connectivity index (χ0) is 24.8. The zero-order valence-corrected chi connectivity index (χ0v) is 21.1. The number of esters is 1. The monoisotopic (exact) mass is 465 g/mol. The van der Waals surface area contributed by atoms with Crippen LogP contribution in [0.5, 0.6) is 5.75 Å². The molecule has 34 heavy (non-hydrogen) atoms. The Morgan fingerprint density at radius 3 is 2.68 bits per heavy atom. The van der Waals surface area contributed by atoms with Crippen molar-refractivity contribution in [2.45, 2.75) is 66.2 Å². The first kappa shape index (κ1) is 25.5. The molecule has 6 heteroatoms. The van der Waals surface area contributed by atoms with E-state index in [9.17, 15) is 9.59 Å². The molecule has 2 atom stereocenters. The number of carbonyl (C=O) groups is 2. The number of ether oxygens (including phenoxy) is 2. The summed E-state index contributed by atoms with van der Waals surface area (Å²) < 4.78 is 17.0. The van der Waals surface area contributed by atoms with E-state index in [1.54, 1.807) is 6.92 Å². The third kappa shape index (κ3) is 5.32. The van der Waals surface area contributed by atoms with Crippen molar-refractivity contribution in [2.75, 3.05) is 13.7 Å². The number of allylic oxidation sites excluding steroid dienone is 4. The minimum Gasteiger partial charge on any atom is -0.492 e. The van der Waals surface area contributed by atoms with Gasteiger partial charge < -0.3 is 13.9 Å². The predicted octanol–water partition coefficient (Wildman–Crippen LogP) is 6.02. The fraction of sp³-hybridized carbons (Fsp3) is 0.464. The van der Waals surface area contributed by atoms with Crippen molar-refractivity contribution in [3.05, 3.63) is 64.4 Å². The number of carbonyl (C=O) groups excluding carboxylic acids is 2. The third-order valence-electron chi connectivity index (χ3n) is 6.57. The first-order valence-electron chi connectivity index (χ1n) is 12.0. The maximum absolute atomic E-state index is 12.5. The molecule has 3 rings (SSSR count). The molecule has 1 heterocycles. The summed E-state index contributed by atoms with van der Waals surface area (Å²) in [6.45, 7) is 9.73. The topological polar surface area (TPSA) is 78.6 Å². The largest absolute Gasteiger partial charge is 0.492 e. The Hall–Kier alpha value is -3.15. The molecule has 0 aliphatic heterocycles. The normalized spacial score (nSPS) is 16.5. The van der Waals surface area contributed by atoms with Crippen molar-refractivity contribution in [3.63, 3.8) is 0 Å². The van der Waals surface area contributed by atoms with Crippen LogP contribution in [0.4, 0.5) is 0 Å². The van der Waals surface area contributed by atoms with Gasteiger partial charge in [0.2, 0.25) is 5.89 Å². The Morgan fingerprint density at radius 1 is 1.29 bits per heavy atom. The summed E-state index contributed by atoms with van der Waals surface area (Å²) in [4.78, 5) is 29.4. The van der Waals surface area contributed by atoms with Crippen molar-refractivity contribution in [1.82, 2.24) is 4.98 Å². The molecule has 0 amide bonds. The second-order valence-electron chi connectivity index (χ2n) is 8.65. The highest BCUT2D eigenvalue weighted by Crippen LogP contribution is 2.43. The first-order valence-corrected chi connectivity index (χ1v) is 12.0. The lowest BCUT2D eigenvalue weighted by molar-refractivity contribution is -0.146. The number of aromatic nitrogens is 1. The van der Waals surface area contributed by atoms with Crippen LogP contribution in [0.3, 0.4) is 0 Å². The van der Waals surface area contributed by atoms with Crippen LogP contribution in [0.25, 0.3) is 5.57 Å². The number of benzene rings is 1. The van der Waals surface area contributed by atoms with Gasteiger partial charge in [-0.15, -0.1) is 0 Å². The molecule has 0 bridgehead atoms. The van der Waals surface area contributed by atoms with Crippen LogP contribution in [-0.2, 0) is 22.4 Å². The lowest BCUT2D eigenvalue weighted by atomic mass is 9.84. The Morgan fingerprint density at radius 2 is 2.06 bits per heavy atom. The fourth-order valence-electron chi connectivity index (χ4n) is 4.76. The molecule has 1 aliphatic carbocycles. The zero-order valence-electron chi connectivity index (χ0n) is 21.1. The molecule has 1 aromatic carbocycles. The minimum atomic E-state index is -0.202. The summed E-state index contributed by atoms with van der Waals surface area (Å²) >= 11 is 0. The van der Waals surface area contributed by atoms with Crippen molar-refractivity contribution in [2.24, 2.45) is 5.92 Å². The lowest BCUT2D eigenvalue weighted by Crippen LogP contribution is -2.22. The third-order valence-corrected chi connectivity index (χ3v) is 6.57. The number of hydrogen-bond donors (Lipinski definition) is 0. The average molecular weight is 466 g/mol. The lowest BCUT2D eigenvalue weighted by Gasteiger charge is -2.21. The van der Waals surface area contributed by atoms with Gasteiger partial charge in [0.15, 0.2) is 5.78 Å². The average Bonchev–Trinajstić information content (AvgIpc) is 3.40. The van der Waals surface area contributed by atoms with E-state index < -0.39 is 0 Å². The second-order valence-corrected chi connectivity index (χ2v) is 8.65. The number of methoxy groups -OCH3 is 1. The molecule has 0 spiro atoms. The summed E-state index contributed by atoms with van der Waals surface area (Å²) in [5.74, 6) is 1.56. The van der Waals surface area contributed by atoms with Crippen molar-refractivity contribution < 1.29 is 23.5 Å². The summed E-state index contributed by atoms with van der Waals surface area (Å²) in [6, 6.07) is 3.90. The van der Waals surface area contributed by atoms with Crippen LogP contribution >= 0.6 is 0 Å². The van der Waals surface area contributed by atoms with E-state index in [1.807, 2.05) is 58.1 Å². The van der Waals surface area contributed by atoms with Gasteiger partial charge in [-0.2, -0.15) is 0 Å². The van der Waals surface area contributed by atoms with Crippen molar-refractivity contribution in [1.29, 1.82) is 0 Å². The Balaban J connectivity index is 1.79. The van der Waals surface area contributed by atoms with E-state index in [0.29, 0.717) is 36.7 Å². The highest BCUT2D eigenvalue weighted by Gasteiger charge is 2.35. The number of fused-ring (bicyclic) bond motifs is 1. The highest BCUT2D eigenvalue weighted by atomic mass is 16.5. The summed E-state index contributed by atoms with van der Waals surface area (Å²) in [6.07, 6.45) is 8.87. The molecule has 0 N–H and O–H groups in total. The van der Waals surface area contributed by atoms with E-state index in [4.69, 9.17) is 13.9 Å². The SMILES string of the molecule is CC=CC(=CC)c1nc(CCOc2cc3c(cc2C(C)=O)C(C(CC)C(=O)OC)CC3)c(C)o1. The minimum absolute atomic E-state index is 0.0569. The maximum atomic E-state index is 12.5. The van der Waals surface area contributed by atoms with Gasteiger partial charge in [0.25, 0.3) is 0 Å². The number of ketones is 1. The summed E-state index contributed by atoms with van der Waals surface area (Å²) in [7, 11) is 1.43. The number of Topliss-reactive ketones (excluding diaryl/α,β-unsaturated/α-hetero) is 1. The van der Waals surface area contributed by atoms with Gasteiger partial charge in [-0.1, -0.05) is 25.2 Å². The van der Waals surface area contributed by atoms with Gasteiger partial charge in [-0.05, 0) is 76.1 Å². The number of aryl methyl sites for hydroxylation is 2. The van der Waals surface area contributed by atoms with Gasteiger partial charge >= 0.3 is 5.97 Å². The molecule has 0 radical (unpaired) electrons. The molecular weight excluding hydrogens is 430 g/mol. The maximum Gasteiger partial charge on any atom is 0.309 e. The number of oxazole rings is 1. The van der Waals surface area contributed by atoms with Gasteiger partial charge in [0, 0.05) is 12.0 Å². The van der Waals surface area contributed by atoms with E-state index >= 15 is 0 Å². The van der Waals surface area contributed by atoms with E-state index in [1.165, 1.54) is 7.11 Å². The molecule has 2 unspecified atom stereocenters. The van der Waals surface area contributed by atoms with Gasteiger partial charge in [-0.25, -0.2) is 4.98 Å². The number of hydrogen-bond acceptors (Lipinski definition) is 6. The van der Waals surface area contributed by atoms with Gasteiger partial charge in [0.1, 0.15) is 11.5 Å². The molecule has 6 nitrogen and oxygen atoms in total. The standard InChI is InChI=1S/C28H35NO5/c1-7-10-19(8-2)27-29-25(18(5)34-27)13-14-33-26-15-20-11-12-22(21(9-3)28(31)32-6)24(20)16-23(26)17(4)30/h7-8,10,15-16,21-22H,9,11-14H2,1-6H3. The molecule has 0 saturated carbocycles.